The molecule has 0 bridgehead atoms. The summed E-state index contributed by atoms with van der Waals surface area (Å²) in [5.41, 5.74) is 0. The van der Waals surface area contributed by atoms with Gasteiger partial charge in [0, 0.05) is 19.9 Å². The summed E-state index contributed by atoms with van der Waals surface area (Å²) in [7, 11) is 0. The van der Waals surface area contributed by atoms with Crippen LogP contribution in [0.4, 0.5) is 0 Å². The maximum atomic E-state index is 10.7. The van der Waals surface area contributed by atoms with E-state index in [1.165, 1.54) is 32.0 Å². The lowest BCUT2D eigenvalue weighted by molar-refractivity contribution is -0.132. The first-order chi connectivity index (χ1) is 6.99. The number of rotatable bonds is 2. The first-order valence-electron chi connectivity index (χ1n) is 4.19. The van der Waals surface area contributed by atoms with Crippen LogP contribution in [0.3, 0.4) is 0 Å². The molecule has 1 aromatic carbocycles. The third-order valence-corrected chi connectivity index (χ3v) is 1.45. The highest BCUT2D eigenvalue weighted by molar-refractivity contribution is 5.72. The zero-order valence-electron chi connectivity index (χ0n) is 8.31. The Hall–Kier alpha value is -2.04. The number of hydrogen-bond donors (Lipinski definition) is 1. The van der Waals surface area contributed by atoms with Gasteiger partial charge in [-0.2, -0.15) is 0 Å². The van der Waals surface area contributed by atoms with Crippen molar-refractivity contribution in [1.82, 2.24) is 0 Å². The van der Waals surface area contributed by atoms with Crippen molar-refractivity contribution < 1.29 is 24.2 Å². The highest BCUT2D eigenvalue weighted by atomic mass is 16.5. The fourth-order valence-corrected chi connectivity index (χ4v) is 0.961. The fourth-order valence-electron chi connectivity index (χ4n) is 0.961. The second-order valence-electron chi connectivity index (χ2n) is 2.82. The number of carbonyl (C=O) groups is 2. The van der Waals surface area contributed by atoms with Gasteiger partial charge in [-0.3, -0.25) is 9.59 Å². The van der Waals surface area contributed by atoms with Gasteiger partial charge in [0.15, 0.2) is 11.5 Å². The van der Waals surface area contributed by atoms with Crippen LogP contribution in [0.5, 0.6) is 17.2 Å². The van der Waals surface area contributed by atoms with E-state index in [2.05, 4.69) is 4.74 Å². The summed E-state index contributed by atoms with van der Waals surface area (Å²) in [6.07, 6.45) is 0. The molecule has 0 aliphatic rings. The minimum absolute atomic E-state index is 0.0405. The molecule has 0 aliphatic heterocycles. The zero-order chi connectivity index (χ0) is 11.4. The first kappa shape index (κ1) is 11.0. The maximum Gasteiger partial charge on any atom is 0.308 e. The molecule has 1 rings (SSSR count). The van der Waals surface area contributed by atoms with E-state index in [1.807, 2.05) is 0 Å². The van der Waals surface area contributed by atoms with Crippen LogP contribution in [0.15, 0.2) is 18.2 Å². The molecule has 15 heavy (non-hydrogen) atoms. The van der Waals surface area contributed by atoms with Crippen LogP contribution in [0.1, 0.15) is 13.8 Å². The van der Waals surface area contributed by atoms with Crippen LogP contribution in [0.25, 0.3) is 0 Å². The second kappa shape index (κ2) is 4.45. The van der Waals surface area contributed by atoms with Crippen molar-refractivity contribution in [2.45, 2.75) is 13.8 Å². The van der Waals surface area contributed by atoms with E-state index < -0.39 is 11.9 Å². The predicted octanol–water partition coefficient (Wildman–Crippen LogP) is 1.24. The zero-order valence-corrected chi connectivity index (χ0v) is 8.31. The van der Waals surface area contributed by atoms with E-state index in [1.54, 1.807) is 0 Å². The molecule has 0 unspecified atom stereocenters. The molecule has 0 heterocycles. The van der Waals surface area contributed by atoms with Crippen molar-refractivity contribution in [3.63, 3.8) is 0 Å². The molecule has 0 spiro atoms. The number of ether oxygens (including phenoxy) is 2. The average molecular weight is 210 g/mol. The van der Waals surface area contributed by atoms with Gasteiger partial charge in [-0.25, -0.2) is 0 Å². The summed E-state index contributed by atoms with van der Waals surface area (Å²) in [5.74, 6) is -1.08. The smallest absolute Gasteiger partial charge is 0.308 e. The minimum atomic E-state index is -0.565. The normalized spacial score (nSPS) is 9.47. The lowest BCUT2D eigenvalue weighted by Gasteiger charge is -2.06. The van der Waals surface area contributed by atoms with Crippen LogP contribution in [0.2, 0.25) is 0 Å². The Kier molecular flexibility index (Phi) is 3.28. The van der Waals surface area contributed by atoms with Crippen LogP contribution in [-0.4, -0.2) is 17.0 Å². The first-order valence-corrected chi connectivity index (χ1v) is 4.19. The highest BCUT2D eigenvalue weighted by Gasteiger charge is 2.08. The van der Waals surface area contributed by atoms with E-state index in [-0.39, 0.29) is 17.2 Å². The van der Waals surface area contributed by atoms with Crippen molar-refractivity contribution in [1.29, 1.82) is 0 Å². The number of hydrogen-bond acceptors (Lipinski definition) is 5. The topological polar surface area (TPSA) is 72.8 Å². The van der Waals surface area contributed by atoms with Crippen LogP contribution >= 0.6 is 0 Å². The Balaban J connectivity index is 2.94. The van der Waals surface area contributed by atoms with Gasteiger partial charge in [-0.1, -0.05) is 0 Å². The minimum Gasteiger partial charge on any atom is -0.504 e. The molecule has 0 saturated carbocycles. The van der Waals surface area contributed by atoms with Gasteiger partial charge in [-0.15, -0.1) is 0 Å². The molecule has 0 aromatic heterocycles. The number of benzene rings is 1. The van der Waals surface area contributed by atoms with Gasteiger partial charge in [0.2, 0.25) is 0 Å². The summed E-state index contributed by atoms with van der Waals surface area (Å²) >= 11 is 0. The highest BCUT2D eigenvalue weighted by Crippen LogP contribution is 2.30. The molecule has 0 amide bonds. The van der Waals surface area contributed by atoms with E-state index >= 15 is 0 Å². The molecule has 0 radical (unpaired) electrons. The van der Waals surface area contributed by atoms with Crippen LogP contribution in [0, 0.1) is 0 Å². The summed E-state index contributed by atoms with van der Waals surface area (Å²) in [5, 5.41) is 9.30. The van der Waals surface area contributed by atoms with Crippen molar-refractivity contribution >= 4 is 11.9 Å². The second-order valence-corrected chi connectivity index (χ2v) is 2.82. The molecule has 0 saturated heterocycles. The van der Waals surface area contributed by atoms with Crippen molar-refractivity contribution in [2.24, 2.45) is 0 Å². The Morgan fingerprint density at radius 3 is 2.27 bits per heavy atom. The SMILES string of the molecule is CC(=O)Oc1ccc(O)c(OC(C)=O)c1. The third-order valence-electron chi connectivity index (χ3n) is 1.45. The number of esters is 2. The molecule has 1 N–H and O–H groups in total. The summed E-state index contributed by atoms with van der Waals surface area (Å²) in [6.45, 7) is 2.45. The lowest BCUT2D eigenvalue weighted by Crippen LogP contribution is -2.04. The van der Waals surface area contributed by atoms with Crippen LogP contribution in [-0.2, 0) is 9.59 Å². The van der Waals surface area contributed by atoms with Crippen LogP contribution < -0.4 is 9.47 Å². The molecule has 1 aromatic rings. The average Bonchev–Trinajstić information content (AvgIpc) is 2.09. The van der Waals surface area contributed by atoms with Gasteiger partial charge >= 0.3 is 11.9 Å². The van der Waals surface area contributed by atoms with Gasteiger partial charge in [-0.05, 0) is 12.1 Å². The molecule has 80 valence electrons. The Bertz CT molecular complexity index is 397. The quantitative estimate of drug-likeness (QED) is 0.587. The summed E-state index contributed by atoms with van der Waals surface area (Å²) in [4.78, 5) is 21.3. The number of phenolic OH excluding ortho intramolecular Hbond substituents is 1. The van der Waals surface area contributed by atoms with E-state index in [0.29, 0.717) is 0 Å². The molecule has 0 atom stereocenters. The van der Waals surface area contributed by atoms with Crippen molar-refractivity contribution in [3.8, 4) is 17.2 Å². The third kappa shape index (κ3) is 3.30. The van der Waals surface area contributed by atoms with Crippen molar-refractivity contribution in [3.05, 3.63) is 18.2 Å². The van der Waals surface area contributed by atoms with Gasteiger partial charge < -0.3 is 14.6 Å². The van der Waals surface area contributed by atoms with E-state index in [0.717, 1.165) is 0 Å². The largest absolute Gasteiger partial charge is 0.504 e. The van der Waals surface area contributed by atoms with Gasteiger partial charge in [0.1, 0.15) is 5.75 Å². The fraction of sp³-hybridized carbons (Fsp3) is 0.200. The van der Waals surface area contributed by atoms with E-state index in [9.17, 15) is 14.7 Å². The molecule has 5 nitrogen and oxygen atoms in total. The standard InChI is InChI=1S/C10H10O5/c1-6(11)14-8-3-4-9(13)10(5-8)15-7(2)12/h3-5,13H,1-2H3. The summed E-state index contributed by atoms with van der Waals surface area (Å²) in [6, 6.07) is 3.93. The number of phenols is 1. The monoisotopic (exact) mass is 210 g/mol. The van der Waals surface area contributed by atoms with Crippen molar-refractivity contribution in [2.75, 3.05) is 0 Å². The Morgan fingerprint density at radius 2 is 1.73 bits per heavy atom. The lowest BCUT2D eigenvalue weighted by atomic mass is 10.3. The Labute approximate surface area is 86.2 Å². The molecule has 5 heteroatoms. The molecular weight excluding hydrogens is 200 g/mol. The maximum absolute atomic E-state index is 10.7. The van der Waals surface area contributed by atoms with Gasteiger partial charge in [0.05, 0.1) is 0 Å². The van der Waals surface area contributed by atoms with Gasteiger partial charge in [0.25, 0.3) is 0 Å². The Morgan fingerprint density at radius 1 is 1.13 bits per heavy atom. The molecule has 0 fully saturated rings. The number of aromatic hydroxyl groups is 1. The summed E-state index contributed by atoms with van der Waals surface area (Å²) < 4.78 is 9.44. The number of carbonyl (C=O) groups excluding carboxylic acids is 2. The molecular formula is C10H10O5. The van der Waals surface area contributed by atoms with E-state index in [4.69, 9.17) is 4.74 Å². The molecule has 0 aliphatic carbocycles. The predicted molar refractivity (Wildman–Crippen MR) is 50.7 cm³/mol.